The first-order valence-electron chi connectivity index (χ1n) is 11.4. The number of rotatable bonds is 7. The lowest BCUT2D eigenvalue weighted by Gasteiger charge is -2.36. The van der Waals surface area contributed by atoms with E-state index in [4.69, 9.17) is 21.1 Å². The number of esters is 1. The van der Waals surface area contributed by atoms with Crippen molar-refractivity contribution in [1.82, 2.24) is 5.32 Å². The Kier molecular flexibility index (Phi) is 7.49. The van der Waals surface area contributed by atoms with Crippen molar-refractivity contribution < 1.29 is 23.5 Å². The number of ether oxygens (including phenoxy) is 2. The van der Waals surface area contributed by atoms with Crippen LogP contribution in [-0.4, -0.2) is 31.6 Å². The van der Waals surface area contributed by atoms with E-state index in [0.717, 1.165) is 5.56 Å². The zero-order valence-corrected chi connectivity index (χ0v) is 20.0. The number of dihydropyridines is 1. The molecule has 178 valence electrons. The fraction of sp³-hybridized carbons (Fsp3) is 0.333. The van der Waals surface area contributed by atoms with Gasteiger partial charge in [-0.25, -0.2) is 9.18 Å². The van der Waals surface area contributed by atoms with Crippen molar-refractivity contribution in [1.29, 1.82) is 0 Å². The highest BCUT2D eigenvalue weighted by atomic mass is 35.5. The fourth-order valence-electron chi connectivity index (χ4n) is 4.72. The molecular weight excluding hydrogens is 457 g/mol. The van der Waals surface area contributed by atoms with Crippen molar-refractivity contribution >= 4 is 23.4 Å². The standard InChI is InChI=1S/C27H27ClFNO4/c1-3-33-12-13-34-27(32)24-16(2)30-22-14-18(17-8-10-19(28)11-9-17)15-23(31)26(22)25(24)20-6-4-5-7-21(20)29/h4-11,18,25,30H,3,12-15H2,1-2H3/t18-,25+/m0/s1. The van der Waals surface area contributed by atoms with Crippen LogP contribution in [-0.2, 0) is 19.1 Å². The molecule has 0 spiro atoms. The predicted molar refractivity (Wildman–Crippen MR) is 128 cm³/mol. The van der Waals surface area contributed by atoms with E-state index in [-0.39, 0.29) is 42.5 Å². The zero-order valence-electron chi connectivity index (χ0n) is 19.2. The maximum atomic E-state index is 15.0. The summed E-state index contributed by atoms with van der Waals surface area (Å²) in [5.41, 5.74) is 3.24. The second-order valence-corrected chi connectivity index (χ2v) is 8.86. The van der Waals surface area contributed by atoms with Crippen LogP contribution >= 0.6 is 11.6 Å². The number of carbonyl (C=O) groups is 2. The number of halogens is 2. The van der Waals surface area contributed by atoms with Crippen molar-refractivity contribution in [2.45, 2.75) is 38.5 Å². The number of allylic oxidation sites excluding steroid dienone is 3. The molecule has 2 aromatic carbocycles. The number of Topliss-reactive ketones (excluding diaryl/α,β-unsaturated/α-hetero) is 1. The van der Waals surface area contributed by atoms with Gasteiger partial charge in [0.25, 0.3) is 0 Å². The number of carbonyl (C=O) groups excluding carboxylic acids is 2. The van der Waals surface area contributed by atoms with E-state index in [2.05, 4.69) is 5.32 Å². The van der Waals surface area contributed by atoms with Crippen LogP contribution < -0.4 is 5.32 Å². The first-order chi connectivity index (χ1) is 16.4. The number of ketones is 1. The predicted octanol–water partition coefficient (Wildman–Crippen LogP) is 5.42. The van der Waals surface area contributed by atoms with Crippen molar-refractivity contribution in [2.24, 2.45) is 0 Å². The van der Waals surface area contributed by atoms with Gasteiger partial charge in [-0.3, -0.25) is 4.79 Å². The van der Waals surface area contributed by atoms with Crippen LogP contribution in [0, 0.1) is 5.82 Å². The first-order valence-corrected chi connectivity index (χ1v) is 11.8. The van der Waals surface area contributed by atoms with Gasteiger partial charge in [-0.05, 0) is 49.9 Å². The average molecular weight is 484 g/mol. The molecule has 4 rings (SSSR count). The molecule has 2 atom stereocenters. The lowest BCUT2D eigenvalue weighted by molar-refractivity contribution is -0.140. The summed E-state index contributed by atoms with van der Waals surface area (Å²) in [6.45, 7) is 4.47. The van der Waals surface area contributed by atoms with E-state index >= 15 is 0 Å². The largest absolute Gasteiger partial charge is 0.460 e. The third kappa shape index (κ3) is 4.93. The molecule has 2 aromatic rings. The molecule has 0 unspecified atom stereocenters. The average Bonchev–Trinajstić information content (AvgIpc) is 2.81. The van der Waals surface area contributed by atoms with Gasteiger partial charge >= 0.3 is 5.97 Å². The SMILES string of the molecule is CCOCCOC(=O)C1=C(C)NC2=C(C(=O)C[C@@H](c3ccc(Cl)cc3)C2)[C@@H]1c1ccccc1F. The van der Waals surface area contributed by atoms with E-state index in [1.165, 1.54) is 6.07 Å². The van der Waals surface area contributed by atoms with E-state index in [1.807, 2.05) is 31.2 Å². The van der Waals surface area contributed by atoms with Crippen molar-refractivity contribution in [3.05, 3.63) is 93.0 Å². The highest BCUT2D eigenvalue weighted by molar-refractivity contribution is 6.30. The Morgan fingerprint density at radius 1 is 1.12 bits per heavy atom. The van der Waals surface area contributed by atoms with Crippen molar-refractivity contribution in [3.63, 3.8) is 0 Å². The normalized spacial score (nSPS) is 20.2. The maximum Gasteiger partial charge on any atom is 0.336 e. The molecule has 2 aliphatic rings. The summed E-state index contributed by atoms with van der Waals surface area (Å²) < 4.78 is 25.7. The lowest BCUT2D eigenvalue weighted by atomic mass is 9.71. The fourth-order valence-corrected chi connectivity index (χ4v) is 4.84. The summed E-state index contributed by atoms with van der Waals surface area (Å²) in [5, 5.41) is 3.90. The van der Waals surface area contributed by atoms with Crippen molar-refractivity contribution in [2.75, 3.05) is 19.8 Å². The molecule has 1 heterocycles. The minimum absolute atomic E-state index is 0.0372. The van der Waals surface area contributed by atoms with Gasteiger partial charge in [-0.15, -0.1) is 0 Å². The van der Waals surface area contributed by atoms with E-state index < -0.39 is 17.7 Å². The van der Waals surface area contributed by atoms with Crippen LogP contribution in [0.5, 0.6) is 0 Å². The number of hydrogen-bond acceptors (Lipinski definition) is 5. The molecule has 0 radical (unpaired) electrons. The molecule has 0 fully saturated rings. The van der Waals surface area contributed by atoms with Crippen LogP contribution in [0.4, 0.5) is 4.39 Å². The van der Waals surface area contributed by atoms with E-state index in [0.29, 0.717) is 35.0 Å². The molecule has 0 aromatic heterocycles. The maximum absolute atomic E-state index is 15.0. The molecular formula is C27H27ClFNO4. The Bertz CT molecular complexity index is 1160. The van der Waals surface area contributed by atoms with E-state index in [1.54, 1.807) is 25.1 Å². The monoisotopic (exact) mass is 483 g/mol. The Hall–Kier alpha value is -2.96. The quantitative estimate of drug-likeness (QED) is 0.421. The van der Waals surface area contributed by atoms with Gasteiger partial charge in [0, 0.05) is 40.6 Å². The third-order valence-electron chi connectivity index (χ3n) is 6.27. The zero-order chi connectivity index (χ0) is 24.2. The number of hydrogen-bond donors (Lipinski definition) is 1. The molecule has 1 N–H and O–H groups in total. The molecule has 0 saturated heterocycles. The minimum atomic E-state index is -0.837. The number of nitrogens with one attached hydrogen (secondary N) is 1. The lowest BCUT2D eigenvalue weighted by Crippen LogP contribution is -2.36. The highest BCUT2D eigenvalue weighted by Crippen LogP contribution is 2.46. The topological polar surface area (TPSA) is 64.6 Å². The van der Waals surface area contributed by atoms with Gasteiger partial charge in [0.1, 0.15) is 12.4 Å². The summed E-state index contributed by atoms with van der Waals surface area (Å²) in [5.74, 6) is -2.05. The molecule has 0 saturated carbocycles. The summed E-state index contributed by atoms with van der Waals surface area (Å²) in [6.07, 6.45) is 0.830. The molecule has 0 amide bonds. The molecule has 5 nitrogen and oxygen atoms in total. The van der Waals surface area contributed by atoms with Crippen LogP contribution in [0.15, 0.2) is 71.1 Å². The molecule has 1 aliphatic carbocycles. The molecule has 7 heteroatoms. The van der Waals surface area contributed by atoms with Gasteiger partial charge < -0.3 is 14.8 Å². The summed E-state index contributed by atoms with van der Waals surface area (Å²) in [4.78, 5) is 26.6. The van der Waals surface area contributed by atoms with Crippen LogP contribution in [0.1, 0.15) is 49.7 Å². The second kappa shape index (κ2) is 10.5. The molecule has 1 aliphatic heterocycles. The third-order valence-corrected chi connectivity index (χ3v) is 6.52. The smallest absolute Gasteiger partial charge is 0.336 e. The van der Waals surface area contributed by atoms with Crippen LogP contribution in [0.25, 0.3) is 0 Å². The Morgan fingerprint density at radius 2 is 1.85 bits per heavy atom. The Balaban J connectivity index is 1.72. The Labute approximate surface area is 203 Å². The van der Waals surface area contributed by atoms with Crippen LogP contribution in [0.3, 0.4) is 0 Å². The first kappa shape index (κ1) is 24.2. The minimum Gasteiger partial charge on any atom is -0.460 e. The van der Waals surface area contributed by atoms with Gasteiger partial charge in [0.15, 0.2) is 5.78 Å². The highest BCUT2D eigenvalue weighted by Gasteiger charge is 2.42. The summed E-state index contributed by atoms with van der Waals surface area (Å²) >= 11 is 6.03. The number of benzene rings is 2. The van der Waals surface area contributed by atoms with Gasteiger partial charge in [0.05, 0.1) is 18.1 Å². The molecule has 0 bridgehead atoms. The summed E-state index contributed by atoms with van der Waals surface area (Å²) in [7, 11) is 0. The summed E-state index contributed by atoms with van der Waals surface area (Å²) in [6, 6.07) is 13.7. The van der Waals surface area contributed by atoms with Crippen molar-refractivity contribution in [3.8, 4) is 0 Å². The molecule has 34 heavy (non-hydrogen) atoms. The van der Waals surface area contributed by atoms with Gasteiger partial charge in [-0.2, -0.15) is 0 Å². The van der Waals surface area contributed by atoms with E-state index in [9.17, 15) is 14.0 Å². The van der Waals surface area contributed by atoms with Gasteiger partial charge in [-0.1, -0.05) is 41.9 Å². The second-order valence-electron chi connectivity index (χ2n) is 8.42. The van der Waals surface area contributed by atoms with Crippen LogP contribution in [0.2, 0.25) is 5.02 Å². The van der Waals surface area contributed by atoms with Gasteiger partial charge in [0.2, 0.25) is 0 Å². The Morgan fingerprint density at radius 3 is 2.56 bits per heavy atom.